The summed E-state index contributed by atoms with van der Waals surface area (Å²) in [7, 11) is 0. The number of hydrogen-bond donors (Lipinski definition) is 0. The predicted octanol–water partition coefficient (Wildman–Crippen LogP) is 3.01. The fourth-order valence-electron chi connectivity index (χ4n) is 3.78. The van der Waals surface area contributed by atoms with Gasteiger partial charge in [-0.05, 0) is 31.2 Å². The molecule has 0 radical (unpaired) electrons. The Balaban J connectivity index is 1.67. The average Bonchev–Trinajstić information content (AvgIpc) is 3.01. The fraction of sp³-hybridized carbons (Fsp3) is 0.533. The molecule has 1 aromatic carbocycles. The summed E-state index contributed by atoms with van der Waals surface area (Å²) in [5.74, 6) is 2.22. The van der Waals surface area contributed by atoms with E-state index in [1.807, 2.05) is 0 Å². The molecule has 2 aliphatic heterocycles. The first kappa shape index (κ1) is 9.69. The predicted molar refractivity (Wildman–Crippen MR) is 69.1 cm³/mol. The van der Waals surface area contributed by atoms with Crippen LogP contribution in [0.3, 0.4) is 0 Å². The van der Waals surface area contributed by atoms with Crippen molar-refractivity contribution in [2.75, 3.05) is 6.54 Å². The number of rotatable bonds is 1. The van der Waals surface area contributed by atoms with E-state index in [1.165, 1.54) is 43.6 Å². The zero-order valence-electron chi connectivity index (χ0n) is 10.0. The second-order valence-corrected chi connectivity index (χ2v) is 5.56. The summed E-state index contributed by atoms with van der Waals surface area (Å²) in [6, 6.07) is 12.0. The first-order chi connectivity index (χ1) is 8.42. The fourth-order valence-corrected chi connectivity index (χ4v) is 3.78. The quantitative estimate of drug-likeness (QED) is 0.718. The largest absolute Gasteiger partial charge is 0.357 e. The summed E-state index contributed by atoms with van der Waals surface area (Å²) < 4.78 is 0. The highest BCUT2D eigenvalue weighted by Crippen LogP contribution is 2.43. The van der Waals surface area contributed by atoms with Crippen molar-refractivity contribution in [1.29, 1.82) is 0 Å². The third-order valence-corrected chi connectivity index (χ3v) is 4.62. The summed E-state index contributed by atoms with van der Waals surface area (Å²) in [5.41, 5.74) is 1.39. The van der Waals surface area contributed by atoms with Gasteiger partial charge in [-0.15, -0.1) is 0 Å². The van der Waals surface area contributed by atoms with Crippen LogP contribution < -0.4 is 0 Å². The lowest BCUT2D eigenvalue weighted by atomic mass is 9.99. The van der Waals surface area contributed by atoms with E-state index in [-0.39, 0.29) is 0 Å². The first-order valence-corrected chi connectivity index (χ1v) is 6.81. The maximum Gasteiger partial charge on any atom is 0.103 e. The number of benzene rings is 1. The highest BCUT2D eigenvalue weighted by molar-refractivity contribution is 5.88. The molecule has 1 aromatic rings. The van der Waals surface area contributed by atoms with Crippen LogP contribution in [0.15, 0.2) is 35.3 Å². The maximum atomic E-state index is 5.04. The summed E-state index contributed by atoms with van der Waals surface area (Å²) in [6.45, 7) is 1.22. The first-order valence-electron chi connectivity index (χ1n) is 6.81. The molecule has 2 bridgehead atoms. The van der Waals surface area contributed by atoms with Gasteiger partial charge in [-0.2, -0.15) is 0 Å². The minimum absolute atomic E-state index is 0.418. The van der Waals surface area contributed by atoms with Gasteiger partial charge in [0.25, 0.3) is 0 Å². The Bertz CT molecular complexity index is 451. The van der Waals surface area contributed by atoms with E-state index >= 15 is 0 Å². The molecule has 2 heteroatoms. The van der Waals surface area contributed by atoms with Gasteiger partial charge in [-0.25, -0.2) is 0 Å². The maximum absolute atomic E-state index is 5.04. The van der Waals surface area contributed by atoms with Crippen molar-refractivity contribution in [3.05, 3.63) is 35.9 Å². The van der Waals surface area contributed by atoms with Crippen molar-refractivity contribution in [3.8, 4) is 0 Å². The number of nitrogens with zero attached hydrogens (tertiary/aromatic N) is 2. The van der Waals surface area contributed by atoms with Crippen LogP contribution in [0.4, 0.5) is 0 Å². The SMILES string of the molecule is c1ccc([C@@H]2CCN3C(=N2)[C@@H]2CC[C@H]3C2)cc1. The number of piperidine rings is 1. The highest BCUT2D eigenvalue weighted by Gasteiger charge is 2.44. The molecule has 0 spiro atoms. The zero-order chi connectivity index (χ0) is 11.2. The second-order valence-electron chi connectivity index (χ2n) is 5.56. The summed E-state index contributed by atoms with van der Waals surface area (Å²) >= 11 is 0. The van der Waals surface area contributed by atoms with Crippen molar-refractivity contribution in [2.45, 2.75) is 37.8 Å². The van der Waals surface area contributed by atoms with E-state index in [1.54, 1.807) is 0 Å². The standard InChI is InChI=1S/C15H18N2/c1-2-4-11(5-3-1)14-8-9-17-13-7-6-12(10-13)15(17)16-14/h1-5,12-14H,6-10H2/t12-,13+,14+/m1/s1. The number of amidine groups is 1. The molecule has 0 N–H and O–H groups in total. The van der Waals surface area contributed by atoms with E-state index < -0.39 is 0 Å². The third kappa shape index (κ3) is 1.43. The van der Waals surface area contributed by atoms with Gasteiger partial charge in [-0.3, -0.25) is 4.99 Å². The van der Waals surface area contributed by atoms with Crippen molar-refractivity contribution in [3.63, 3.8) is 0 Å². The van der Waals surface area contributed by atoms with Gasteiger partial charge in [0.1, 0.15) is 5.84 Å². The van der Waals surface area contributed by atoms with Crippen molar-refractivity contribution < 1.29 is 0 Å². The Morgan fingerprint density at radius 1 is 1.06 bits per heavy atom. The van der Waals surface area contributed by atoms with Crippen LogP contribution in [-0.4, -0.2) is 23.3 Å². The molecule has 0 amide bonds. The van der Waals surface area contributed by atoms with Crippen LogP contribution in [0.1, 0.15) is 37.3 Å². The third-order valence-electron chi connectivity index (χ3n) is 4.62. The monoisotopic (exact) mass is 226 g/mol. The zero-order valence-corrected chi connectivity index (χ0v) is 10.0. The van der Waals surface area contributed by atoms with Crippen LogP contribution >= 0.6 is 0 Å². The topological polar surface area (TPSA) is 15.6 Å². The van der Waals surface area contributed by atoms with Crippen LogP contribution in [0.2, 0.25) is 0 Å². The molecule has 1 saturated carbocycles. The molecule has 4 rings (SSSR count). The Labute approximate surface area is 102 Å². The van der Waals surface area contributed by atoms with Crippen LogP contribution in [0, 0.1) is 5.92 Å². The Morgan fingerprint density at radius 2 is 1.94 bits per heavy atom. The number of hydrogen-bond acceptors (Lipinski definition) is 2. The lowest BCUT2D eigenvalue weighted by Crippen LogP contribution is -2.41. The van der Waals surface area contributed by atoms with Crippen LogP contribution in [0.25, 0.3) is 0 Å². The molecule has 2 nitrogen and oxygen atoms in total. The summed E-state index contributed by atoms with van der Waals surface area (Å²) in [4.78, 5) is 7.63. The van der Waals surface area contributed by atoms with E-state index in [0.29, 0.717) is 6.04 Å². The lowest BCUT2D eigenvalue weighted by molar-refractivity contribution is 0.295. The molecule has 0 unspecified atom stereocenters. The van der Waals surface area contributed by atoms with Crippen molar-refractivity contribution in [2.24, 2.45) is 10.9 Å². The van der Waals surface area contributed by atoms with Gasteiger partial charge in [0.15, 0.2) is 0 Å². The molecule has 1 saturated heterocycles. The molecule has 3 atom stereocenters. The average molecular weight is 226 g/mol. The van der Waals surface area contributed by atoms with E-state index in [2.05, 4.69) is 35.2 Å². The molecule has 2 fully saturated rings. The minimum Gasteiger partial charge on any atom is -0.357 e. The van der Waals surface area contributed by atoms with Gasteiger partial charge in [0.05, 0.1) is 6.04 Å². The second kappa shape index (κ2) is 3.59. The van der Waals surface area contributed by atoms with Gasteiger partial charge in [-0.1, -0.05) is 30.3 Å². The smallest absolute Gasteiger partial charge is 0.103 e. The molecule has 1 aliphatic carbocycles. The number of fused-ring (bicyclic) bond motifs is 5. The van der Waals surface area contributed by atoms with Gasteiger partial charge < -0.3 is 4.90 Å². The number of aliphatic imine (C=N–C) groups is 1. The molecule has 17 heavy (non-hydrogen) atoms. The van der Waals surface area contributed by atoms with Crippen LogP contribution in [-0.2, 0) is 0 Å². The van der Waals surface area contributed by atoms with Crippen molar-refractivity contribution in [1.82, 2.24) is 4.90 Å². The lowest BCUT2D eigenvalue weighted by Gasteiger charge is -2.36. The van der Waals surface area contributed by atoms with Gasteiger partial charge in [0, 0.05) is 18.5 Å². The molecule has 2 heterocycles. The van der Waals surface area contributed by atoms with E-state index in [4.69, 9.17) is 4.99 Å². The minimum atomic E-state index is 0.418. The van der Waals surface area contributed by atoms with E-state index in [9.17, 15) is 0 Å². The Hall–Kier alpha value is -1.31. The molecule has 0 aromatic heterocycles. The van der Waals surface area contributed by atoms with Crippen LogP contribution in [0.5, 0.6) is 0 Å². The van der Waals surface area contributed by atoms with Gasteiger partial charge in [0.2, 0.25) is 0 Å². The normalized spacial score (nSPS) is 34.7. The summed E-state index contributed by atoms with van der Waals surface area (Å²) in [6.07, 6.45) is 5.35. The highest BCUT2D eigenvalue weighted by atomic mass is 15.3. The molecular weight excluding hydrogens is 208 g/mol. The Kier molecular flexibility index (Phi) is 2.05. The molecule has 3 aliphatic rings. The molecule has 88 valence electrons. The summed E-state index contributed by atoms with van der Waals surface area (Å²) in [5, 5.41) is 0. The van der Waals surface area contributed by atoms with Gasteiger partial charge >= 0.3 is 0 Å². The van der Waals surface area contributed by atoms with E-state index in [0.717, 1.165) is 12.0 Å². The Morgan fingerprint density at radius 3 is 2.82 bits per heavy atom. The van der Waals surface area contributed by atoms with Crippen molar-refractivity contribution >= 4 is 5.84 Å². The molecular formula is C15H18N2.